The third kappa shape index (κ3) is 3.46. The van der Waals surface area contributed by atoms with Crippen LogP contribution in [0.2, 0.25) is 0 Å². The molecule has 1 heterocycles. The van der Waals surface area contributed by atoms with Crippen LogP contribution in [0.5, 0.6) is 0 Å². The first-order valence-electron chi connectivity index (χ1n) is 5.24. The molecule has 2 amide bonds. The zero-order chi connectivity index (χ0) is 13.7. The van der Waals surface area contributed by atoms with Crippen molar-refractivity contribution in [2.24, 2.45) is 0 Å². The molecule has 8 heteroatoms. The second-order valence-electron chi connectivity index (χ2n) is 3.46. The maximum absolute atomic E-state index is 11.6. The summed E-state index contributed by atoms with van der Waals surface area (Å²) in [6.45, 7) is 0. The highest BCUT2D eigenvalue weighted by atomic mass is 16.6. The van der Waals surface area contributed by atoms with Gasteiger partial charge in [0, 0.05) is 30.2 Å². The first-order chi connectivity index (χ1) is 9.15. The topological polar surface area (TPSA) is 110 Å². The molecule has 0 radical (unpaired) electrons. The Kier molecular flexibility index (Phi) is 3.62. The molecule has 1 aromatic heterocycles. The molecule has 0 aliphatic rings. The lowest BCUT2D eigenvalue weighted by Crippen LogP contribution is -2.20. The fourth-order valence-electron chi connectivity index (χ4n) is 1.32. The van der Waals surface area contributed by atoms with Crippen LogP contribution >= 0.6 is 0 Å². The summed E-state index contributed by atoms with van der Waals surface area (Å²) in [5.41, 5.74) is 0.205. The van der Waals surface area contributed by atoms with E-state index in [9.17, 15) is 14.9 Å². The monoisotopic (exact) mass is 259 g/mol. The van der Waals surface area contributed by atoms with Crippen molar-refractivity contribution in [3.05, 3.63) is 52.8 Å². The zero-order valence-corrected chi connectivity index (χ0v) is 9.61. The average Bonchev–Trinajstić information content (AvgIpc) is 2.40. The molecule has 2 rings (SSSR count). The van der Waals surface area contributed by atoms with Gasteiger partial charge in [-0.25, -0.2) is 14.8 Å². The van der Waals surface area contributed by atoms with Crippen molar-refractivity contribution in [3.63, 3.8) is 0 Å². The molecule has 0 saturated heterocycles. The van der Waals surface area contributed by atoms with Crippen LogP contribution in [0, 0.1) is 10.1 Å². The molecule has 19 heavy (non-hydrogen) atoms. The Morgan fingerprint density at radius 3 is 2.58 bits per heavy atom. The van der Waals surface area contributed by atoms with E-state index in [1.54, 1.807) is 12.1 Å². The number of nitro benzene ring substituents is 1. The molecule has 2 N–H and O–H groups in total. The minimum absolute atomic E-state index is 0.103. The van der Waals surface area contributed by atoms with Crippen molar-refractivity contribution in [3.8, 4) is 0 Å². The lowest BCUT2D eigenvalue weighted by molar-refractivity contribution is -0.384. The number of benzene rings is 1. The molecule has 0 spiro atoms. The molecule has 0 fully saturated rings. The second kappa shape index (κ2) is 5.54. The van der Waals surface area contributed by atoms with Crippen LogP contribution in [-0.2, 0) is 0 Å². The number of nitrogens with zero attached hydrogens (tertiary/aromatic N) is 3. The van der Waals surface area contributed by atoms with Crippen LogP contribution in [0.1, 0.15) is 0 Å². The standard InChI is InChI=1S/C11H9N5O3/c17-11(15-10-12-5-2-6-13-10)14-8-3-1-4-9(7-8)16(18)19/h1-7H,(H2,12,13,14,15,17). The molecule has 0 unspecified atom stereocenters. The molecule has 0 aliphatic carbocycles. The summed E-state index contributed by atoms with van der Waals surface area (Å²) in [6.07, 6.45) is 2.96. The van der Waals surface area contributed by atoms with Crippen LogP contribution in [0.25, 0.3) is 0 Å². The molecule has 8 nitrogen and oxygen atoms in total. The Hall–Kier alpha value is -3.03. The fourth-order valence-corrected chi connectivity index (χ4v) is 1.32. The number of amides is 2. The highest BCUT2D eigenvalue weighted by Crippen LogP contribution is 2.16. The van der Waals surface area contributed by atoms with Gasteiger partial charge in [0.05, 0.1) is 4.92 Å². The predicted molar refractivity (Wildman–Crippen MR) is 67.8 cm³/mol. The Balaban J connectivity index is 2.03. The van der Waals surface area contributed by atoms with Gasteiger partial charge in [-0.15, -0.1) is 0 Å². The normalized spacial score (nSPS) is 9.68. The van der Waals surface area contributed by atoms with Gasteiger partial charge in [-0.2, -0.15) is 0 Å². The van der Waals surface area contributed by atoms with Gasteiger partial charge in [-0.3, -0.25) is 15.4 Å². The second-order valence-corrected chi connectivity index (χ2v) is 3.46. The summed E-state index contributed by atoms with van der Waals surface area (Å²) in [5.74, 6) is 0.144. The summed E-state index contributed by atoms with van der Waals surface area (Å²) in [5, 5.41) is 15.4. The number of non-ortho nitro benzene ring substituents is 1. The van der Waals surface area contributed by atoms with Crippen molar-refractivity contribution in [1.29, 1.82) is 0 Å². The minimum atomic E-state index is -0.577. The minimum Gasteiger partial charge on any atom is -0.307 e. The maximum atomic E-state index is 11.6. The van der Waals surface area contributed by atoms with Crippen molar-refractivity contribution in [2.45, 2.75) is 0 Å². The van der Waals surface area contributed by atoms with E-state index >= 15 is 0 Å². The smallest absolute Gasteiger partial charge is 0.307 e. The Labute approximate surface area is 107 Å². The molecular formula is C11H9N5O3. The van der Waals surface area contributed by atoms with E-state index in [4.69, 9.17) is 0 Å². The predicted octanol–water partition coefficient (Wildman–Crippen LogP) is 2.03. The number of urea groups is 1. The number of carbonyl (C=O) groups excluding carboxylic acids is 1. The SMILES string of the molecule is O=C(Nc1cccc([N+](=O)[O-])c1)Nc1ncccn1. The van der Waals surface area contributed by atoms with E-state index in [1.807, 2.05) is 0 Å². The largest absolute Gasteiger partial charge is 0.326 e. The average molecular weight is 259 g/mol. The van der Waals surface area contributed by atoms with Crippen molar-refractivity contribution < 1.29 is 9.72 Å². The molecule has 0 saturated carbocycles. The Bertz CT molecular complexity index is 602. The molecule has 1 aromatic carbocycles. The van der Waals surface area contributed by atoms with E-state index in [0.717, 1.165) is 0 Å². The summed E-state index contributed by atoms with van der Waals surface area (Å²) in [4.78, 5) is 29.3. The van der Waals surface area contributed by atoms with Gasteiger partial charge in [0.2, 0.25) is 5.95 Å². The number of nitrogens with one attached hydrogen (secondary N) is 2. The first-order valence-corrected chi connectivity index (χ1v) is 5.24. The van der Waals surface area contributed by atoms with Gasteiger partial charge in [-0.1, -0.05) is 6.07 Å². The van der Waals surface area contributed by atoms with Gasteiger partial charge in [-0.05, 0) is 12.1 Å². The number of hydrogen-bond acceptors (Lipinski definition) is 5. The van der Waals surface area contributed by atoms with Crippen molar-refractivity contribution >= 4 is 23.4 Å². The van der Waals surface area contributed by atoms with Crippen LogP contribution in [0.4, 0.5) is 22.1 Å². The van der Waals surface area contributed by atoms with Gasteiger partial charge < -0.3 is 5.32 Å². The number of carbonyl (C=O) groups is 1. The number of anilines is 2. The summed E-state index contributed by atoms with van der Waals surface area (Å²) >= 11 is 0. The number of aromatic nitrogens is 2. The van der Waals surface area contributed by atoms with Crippen molar-refractivity contribution in [2.75, 3.05) is 10.6 Å². The third-order valence-electron chi connectivity index (χ3n) is 2.11. The lowest BCUT2D eigenvalue weighted by atomic mass is 10.3. The van der Waals surface area contributed by atoms with Gasteiger partial charge in [0.25, 0.3) is 5.69 Å². The van der Waals surface area contributed by atoms with E-state index in [0.29, 0.717) is 5.69 Å². The number of nitro groups is 1. The molecule has 0 aliphatic heterocycles. The van der Waals surface area contributed by atoms with Crippen LogP contribution < -0.4 is 10.6 Å². The maximum Gasteiger partial charge on any atom is 0.326 e. The molecule has 0 atom stereocenters. The summed E-state index contributed by atoms with van der Waals surface area (Å²) in [6, 6.07) is 6.65. The van der Waals surface area contributed by atoms with Gasteiger partial charge in [0.1, 0.15) is 0 Å². The molecule has 2 aromatic rings. The molecule has 0 bridgehead atoms. The number of hydrogen-bond donors (Lipinski definition) is 2. The van der Waals surface area contributed by atoms with E-state index in [-0.39, 0.29) is 11.6 Å². The first kappa shape index (κ1) is 12.4. The highest BCUT2D eigenvalue weighted by Gasteiger charge is 2.08. The molecular weight excluding hydrogens is 250 g/mol. The van der Waals surface area contributed by atoms with Gasteiger partial charge in [0.15, 0.2) is 0 Å². The summed E-state index contributed by atoms with van der Waals surface area (Å²) < 4.78 is 0. The van der Waals surface area contributed by atoms with E-state index < -0.39 is 11.0 Å². The highest BCUT2D eigenvalue weighted by molar-refractivity contribution is 5.98. The van der Waals surface area contributed by atoms with Crippen LogP contribution in [-0.4, -0.2) is 20.9 Å². The van der Waals surface area contributed by atoms with E-state index in [1.165, 1.54) is 30.6 Å². The lowest BCUT2D eigenvalue weighted by Gasteiger charge is -2.05. The number of rotatable bonds is 3. The Morgan fingerprint density at radius 2 is 1.89 bits per heavy atom. The van der Waals surface area contributed by atoms with Crippen LogP contribution in [0.3, 0.4) is 0 Å². The Morgan fingerprint density at radius 1 is 1.16 bits per heavy atom. The van der Waals surface area contributed by atoms with E-state index in [2.05, 4.69) is 20.6 Å². The van der Waals surface area contributed by atoms with Crippen molar-refractivity contribution in [1.82, 2.24) is 9.97 Å². The fraction of sp³-hybridized carbons (Fsp3) is 0. The molecule has 96 valence electrons. The quantitative estimate of drug-likeness (QED) is 0.647. The van der Waals surface area contributed by atoms with Gasteiger partial charge >= 0.3 is 6.03 Å². The zero-order valence-electron chi connectivity index (χ0n) is 9.61. The van der Waals surface area contributed by atoms with Crippen LogP contribution in [0.15, 0.2) is 42.7 Å². The summed E-state index contributed by atoms with van der Waals surface area (Å²) in [7, 11) is 0. The third-order valence-corrected chi connectivity index (χ3v) is 2.11.